The van der Waals surface area contributed by atoms with Crippen LogP contribution < -0.4 is 10.6 Å². The van der Waals surface area contributed by atoms with Crippen molar-refractivity contribution < 1.29 is 4.79 Å². The lowest BCUT2D eigenvalue weighted by atomic mass is 9.97. The van der Waals surface area contributed by atoms with Crippen LogP contribution in [0.3, 0.4) is 0 Å². The first kappa shape index (κ1) is 12.3. The Hall–Kier alpha value is -0.770. The van der Waals surface area contributed by atoms with E-state index in [-0.39, 0.29) is 6.03 Å². The fraction of sp³-hybridized carbons (Fsp3) is 0.909. The molecule has 0 aromatic carbocycles. The molecule has 0 aromatic rings. The molecule has 4 nitrogen and oxygen atoms in total. The number of rotatable bonds is 4. The summed E-state index contributed by atoms with van der Waals surface area (Å²) in [5, 5.41) is 6.21. The molecule has 4 heteroatoms. The van der Waals surface area contributed by atoms with E-state index in [4.69, 9.17) is 0 Å². The van der Waals surface area contributed by atoms with Gasteiger partial charge in [-0.3, -0.25) is 0 Å². The summed E-state index contributed by atoms with van der Waals surface area (Å²) < 4.78 is 0. The second kappa shape index (κ2) is 6.67. The van der Waals surface area contributed by atoms with Crippen molar-refractivity contribution in [2.75, 3.05) is 32.7 Å². The molecular weight excluding hydrogens is 190 g/mol. The molecule has 15 heavy (non-hydrogen) atoms. The van der Waals surface area contributed by atoms with Crippen molar-refractivity contribution >= 4 is 6.03 Å². The Morgan fingerprint density at radius 1 is 1.27 bits per heavy atom. The van der Waals surface area contributed by atoms with Crippen LogP contribution in [-0.4, -0.2) is 43.7 Å². The SMILES string of the molecule is CCNCC1CCN(C(=O)NCC)CC1. The molecule has 1 aliphatic heterocycles. The molecule has 1 saturated heterocycles. The molecule has 1 aliphatic rings. The highest BCUT2D eigenvalue weighted by molar-refractivity contribution is 5.74. The number of carbonyl (C=O) groups excluding carboxylic acids is 1. The minimum absolute atomic E-state index is 0.0967. The van der Waals surface area contributed by atoms with Crippen LogP contribution in [0.25, 0.3) is 0 Å². The number of carbonyl (C=O) groups is 1. The summed E-state index contributed by atoms with van der Waals surface area (Å²) in [6.45, 7) is 8.75. The molecule has 2 amide bonds. The van der Waals surface area contributed by atoms with Crippen LogP contribution in [0.1, 0.15) is 26.7 Å². The van der Waals surface area contributed by atoms with Gasteiger partial charge in [-0.1, -0.05) is 6.92 Å². The van der Waals surface area contributed by atoms with E-state index in [0.29, 0.717) is 0 Å². The standard InChI is InChI=1S/C11H23N3O/c1-3-12-9-10-5-7-14(8-6-10)11(15)13-4-2/h10,12H,3-9H2,1-2H3,(H,13,15). The van der Waals surface area contributed by atoms with Gasteiger partial charge < -0.3 is 15.5 Å². The number of hydrogen-bond acceptors (Lipinski definition) is 2. The predicted molar refractivity (Wildman–Crippen MR) is 61.9 cm³/mol. The summed E-state index contributed by atoms with van der Waals surface area (Å²) in [7, 11) is 0. The zero-order valence-electron chi connectivity index (χ0n) is 9.88. The number of likely N-dealkylation sites (tertiary alicyclic amines) is 1. The lowest BCUT2D eigenvalue weighted by Crippen LogP contribution is -2.45. The first-order valence-electron chi connectivity index (χ1n) is 6.01. The first-order valence-corrected chi connectivity index (χ1v) is 6.01. The van der Waals surface area contributed by atoms with Crippen molar-refractivity contribution in [1.82, 2.24) is 15.5 Å². The third kappa shape index (κ3) is 4.08. The van der Waals surface area contributed by atoms with Gasteiger partial charge in [0.25, 0.3) is 0 Å². The number of hydrogen-bond donors (Lipinski definition) is 2. The van der Waals surface area contributed by atoms with Gasteiger partial charge in [-0.2, -0.15) is 0 Å². The van der Waals surface area contributed by atoms with Crippen LogP contribution in [0.5, 0.6) is 0 Å². The Kier molecular flexibility index (Phi) is 5.47. The molecule has 0 saturated carbocycles. The van der Waals surface area contributed by atoms with Gasteiger partial charge in [0.05, 0.1) is 0 Å². The van der Waals surface area contributed by atoms with E-state index >= 15 is 0 Å². The third-order valence-corrected chi connectivity index (χ3v) is 2.91. The molecule has 0 spiro atoms. The molecule has 0 atom stereocenters. The van der Waals surface area contributed by atoms with Gasteiger partial charge in [0.1, 0.15) is 0 Å². The maximum atomic E-state index is 11.5. The maximum absolute atomic E-state index is 11.5. The largest absolute Gasteiger partial charge is 0.338 e. The Bertz CT molecular complexity index is 188. The Morgan fingerprint density at radius 2 is 1.93 bits per heavy atom. The van der Waals surface area contributed by atoms with Crippen molar-refractivity contribution in [2.45, 2.75) is 26.7 Å². The Morgan fingerprint density at radius 3 is 2.47 bits per heavy atom. The highest BCUT2D eigenvalue weighted by Gasteiger charge is 2.21. The molecule has 0 bridgehead atoms. The smallest absolute Gasteiger partial charge is 0.317 e. The number of nitrogens with one attached hydrogen (secondary N) is 2. The molecule has 1 rings (SSSR count). The van der Waals surface area contributed by atoms with Gasteiger partial charge in [-0.25, -0.2) is 4.79 Å². The van der Waals surface area contributed by atoms with Crippen LogP contribution >= 0.6 is 0 Å². The van der Waals surface area contributed by atoms with E-state index in [2.05, 4.69) is 17.6 Å². The molecular formula is C11H23N3O. The van der Waals surface area contributed by atoms with Gasteiger partial charge >= 0.3 is 6.03 Å². The van der Waals surface area contributed by atoms with E-state index in [1.807, 2.05) is 11.8 Å². The van der Waals surface area contributed by atoms with Crippen LogP contribution in [0.15, 0.2) is 0 Å². The second-order valence-electron chi connectivity index (χ2n) is 4.07. The van der Waals surface area contributed by atoms with E-state index in [1.165, 1.54) is 0 Å². The molecule has 0 aromatic heterocycles. The van der Waals surface area contributed by atoms with Crippen LogP contribution in [-0.2, 0) is 0 Å². The van der Waals surface area contributed by atoms with E-state index in [9.17, 15) is 4.79 Å². The average Bonchev–Trinajstić information content (AvgIpc) is 2.27. The van der Waals surface area contributed by atoms with Crippen molar-refractivity contribution in [3.63, 3.8) is 0 Å². The van der Waals surface area contributed by atoms with Gasteiger partial charge in [0.2, 0.25) is 0 Å². The minimum atomic E-state index is 0.0967. The maximum Gasteiger partial charge on any atom is 0.317 e. The Labute approximate surface area is 92.4 Å². The second-order valence-corrected chi connectivity index (χ2v) is 4.07. The quantitative estimate of drug-likeness (QED) is 0.733. The van der Waals surface area contributed by atoms with Crippen molar-refractivity contribution in [1.29, 1.82) is 0 Å². The monoisotopic (exact) mass is 213 g/mol. The summed E-state index contributed by atoms with van der Waals surface area (Å²) in [5.74, 6) is 0.746. The summed E-state index contributed by atoms with van der Waals surface area (Å²) in [5.41, 5.74) is 0. The zero-order valence-corrected chi connectivity index (χ0v) is 9.88. The van der Waals surface area contributed by atoms with Crippen LogP contribution in [0.2, 0.25) is 0 Å². The first-order chi connectivity index (χ1) is 7.27. The highest BCUT2D eigenvalue weighted by atomic mass is 16.2. The highest BCUT2D eigenvalue weighted by Crippen LogP contribution is 2.16. The van der Waals surface area contributed by atoms with E-state index in [0.717, 1.165) is 51.5 Å². The number of amides is 2. The number of nitrogens with zero attached hydrogens (tertiary/aromatic N) is 1. The topological polar surface area (TPSA) is 44.4 Å². The Balaban J connectivity index is 2.20. The molecule has 1 heterocycles. The van der Waals surface area contributed by atoms with Gasteiger partial charge in [-0.15, -0.1) is 0 Å². The molecule has 1 fully saturated rings. The van der Waals surface area contributed by atoms with Crippen molar-refractivity contribution in [3.8, 4) is 0 Å². The van der Waals surface area contributed by atoms with E-state index < -0.39 is 0 Å². The van der Waals surface area contributed by atoms with Gasteiger partial charge in [0, 0.05) is 19.6 Å². The number of piperidine rings is 1. The molecule has 0 unspecified atom stereocenters. The summed E-state index contributed by atoms with van der Waals surface area (Å²) in [6.07, 6.45) is 2.26. The van der Waals surface area contributed by atoms with Crippen molar-refractivity contribution in [2.24, 2.45) is 5.92 Å². The summed E-state index contributed by atoms with van der Waals surface area (Å²) >= 11 is 0. The fourth-order valence-corrected chi connectivity index (χ4v) is 1.95. The van der Waals surface area contributed by atoms with Crippen LogP contribution in [0, 0.1) is 5.92 Å². The minimum Gasteiger partial charge on any atom is -0.338 e. The van der Waals surface area contributed by atoms with Crippen LogP contribution in [0.4, 0.5) is 4.79 Å². The lowest BCUT2D eigenvalue weighted by molar-refractivity contribution is 0.170. The molecule has 0 radical (unpaired) electrons. The lowest BCUT2D eigenvalue weighted by Gasteiger charge is -2.32. The molecule has 0 aliphatic carbocycles. The summed E-state index contributed by atoms with van der Waals surface area (Å²) in [6, 6.07) is 0.0967. The zero-order chi connectivity index (χ0) is 11.1. The van der Waals surface area contributed by atoms with Gasteiger partial charge in [0.15, 0.2) is 0 Å². The van der Waals surface area contributed by atoms with Gasteiger partial charge in [-0.05, 0) is 38.8 Å². The summed E-state index contributed by atoms with van der Waals surface area (Å²) in [4.78, 5) is 13.4. The third-order valence-electron chi connectivity index (χ3n) is 2.91. The predicted octanol–water partition coefficient (Wildman–Crippen LogP) is 1.04. The number of urea groups is 1. The van der Waals surface area contributed by atoms with E-state index in [1.54, 1.807) is 0 Å². The van der Waals surface area contributed by atoms with Crippen molar-refractivity contribution in [3.05, 3.63) is 0 Å². The average molecular weight is 213 g/mol. The normalized spacial score (nSPS) is 17.9. The molecule has 88 valence electrons. The fourth-order valence-electron chi connectivity index (χ4n) is 1.95. The molecule has 2 N–H and O–H groups in total.